The number of benzene rings is 1. The Balaban J connectivity index is 1.50. The van der Waals surface area contributed by atoms with Crippen molar-refractivity contribution in [3.05, 3.63) is 58.9 Å². The molecule has 8 heteroatoms. The maximum atomic E-state index is 12.0. The van der Waals surface area contributed by atoms with Crippen LogP contribution in [0.4, 0.5) is 0 Å². The van der Waals surface area contributed by atoms with E-state index in [-0.39, 0.29) is 24.9 Å². The number of ether oxygens (including phenoxy) is 1. The number of aryl methyl sites for hydroxylation is 3. The van der Waals surface area contributed by atoms with Gasteiger partial charge in [-0.05, 0) is 39.0 Å². The van der Waals surface area contributed by atoms with E-state index in [9.17, 15) is 9.59 Å². The fourth-order valence-corrected chi connectivity index (χ4v) is 2.50. The van der Waals surface area contributed by atoms with Gasteiger partial charge in [0.15, 0.2) is 6.61 Å². The summed E-state index contributed by atoms with van der Waals surface area (Å²) < 4.78 is 15.9. The van der Waals surface area contributed by atoms with Crippen molar-refractivity contribution >= 4 is 11.9 Å². The number of rotatable bonds is 6. The molecule has 0 aliphatic rings. The summed E-state index contributed by atoms with van der Waals surface area (Å²) in [5, 5.41) is 10.3. The van der Waals surface area contributed by atoms with Gasteiger partial charge in [0.05, 0.1) is 5.56 Å². The first-order chi connectivity index (χ1) is 12.9. The van der Waals surface area contributed by atoms with Gasteiger partial charge in [-0.3, -0.25) is 9.59 Å². The lowest BCUT2D eigenvalue weighted by Crippen LogP contribution is -2.30. The van der Waals surface area contributed by atoms with Crippen LogP contribution in [0, 0.1) is 20.8 Å². The van der Waals surface area contributed by atoms with Crippen LogP contribution < -0.4 is 5.32 Å². The summed E-state index contributed by atoms with van der Waals surface area (Å²) >= 11 is 0. The molecule has 2 heterocycles. The monoisotopic (exact) mass is 369 g/mol. The number of nitrogens with zero attached hydrogens (tertiary/aromatic N) is 2. The van der Waals surface area contributed by atoms with E-state index in [4.69, 9.17) is 13.6 Å². The Morgan fingerprint density at radius 1 is 1.11 bits per heavy atom. The highest BCUT2D eigenvalue weighted by atomic mass is 16.5. The minimum Gasteiger partial charge on any atom is -0.466 e. The highest BCUT2D eigenvalue weighted by molar-refractivity contribution is 5.96. The third-order valence-corrected chi connectivity index (χ3v) is 3.77. The second-order valence-corrected chi connectivity index (χ2v) is 6.04. The molecule has 3 aromatic rings. The number of furan rings is 1. The van der Waals surface area contributed by atoms with Crippen LogP contribution in [-0.4, -0.2) is 28.6 Å². The third-order valence-electron chi connectivity index (χ3n) is 3.77. The maximum absolute atomic E-state index is 12.0. The van der Waals surface area contributed by atoms with E-state index in [0.29, 0.717) is 22.8 Å². The number of carbonyl (C=O) groups excluding carboxylic acids is 2. The number of amides is 1. The van der Waals surface area contributed by atoms with Crippen molar-refractivity contribution < 1.29 is 23.2 Å². The first-order valence-corrected chi connectivity index (χ1v) is 8.32. The molecule has 0 aliphatic heterocycles. The summed E-state index contributed by atoms with van der Waals surface area (Å²) in [7, 11) is 0. The molecule has 0 spiro atoms. The predicted molar refractivity (Wildman–Crippen MR) is 94.8 cm³/mol. The Labute approximate surface area is 155 Å². The largest absolute Gasteiger partial charge is 0.466 e. The molecule has 3 rings (SSSR count). The standard InChI is InChI=1S/C19H19N3O5/c1-11-5-4-6-14(7-11)18(24)20-9-17(23)25-10-16-21-22-19(27-16)15-8-12(2)26-13(15)3/h4-8H,9-10H2,1-3H3,(H,20,24). The van der Waals surface area contributed by atoms with Gasteiger partial charge in [0.1, 0.15) is 18.1 Å². The number of hydrogen-bond donors (Lipinski definition) is 1. The van der Waals surface area contributed by atoms with Crippen molar-refractivity contribution in [3.63, 3.8) is 0 Å². The summed E-state index contributed by atoms with van der Waals surface area (Å²) in [6.45, 7) is 5.07. The lowest BCUT2D eigenvalue weighted by Gasteiger charge is -2.05. The van der Waals surface area contributed by atoms with E-state index >= 15 is 0 Å². The van der Waals surface area contributed by atoms with Gasteiger partial charge in [0.25, 0.3) is 17.7 Å². The van der Waals surface area contributed by atoms with Crippen LogP contribution in [0.3, 0.4) is 0 Å². The van der Waals surface area contributed by atoms with Crippen LogP contribution in [0.5, 0.6) is 0 Å². The van der Waals surface area contributed by atoms with Crippen LogP contribution in [0.15, 0.2) is 39.2 Å². The van der Waals surface area contributed by atoms with Crippen molar-refractivity contribution in [1.82, 2.24) is 15.5 Å². The Bertz CT molecular complexity index is 973. The number of esters is 1. The molecule has 140 valence electrons. The van der Waals surface area contributed by atoms with Gasteiger partial charge < -0.3 is 18.9 Å². The number of nitrogens with one attached hydrogen (secondary N) is 1. The molecule has 0 radical (unpaired) electrons. The smallest absolute Gasteiger partial charge is 0.325 e. The zero-order valence-electron chi connectivity index (χ0n) is 15.2. The van der Waals surface area contributed by atoms with Gasteiger partial charge in [-0.1, -0.05) is 17.7 Å². The van der Waals surface area contributed by atoms with E-state index in [1.165, 1.54) is 0 Å². The molecule has 0 aliphatic carbocycles. The van der Waals surface area contributed by atoms with Gasteiger partial charge in [-0.25, -0.2) is 0 Å². The molecule has 0 atom stereocenters. The molecule has 0 fully saturated rings. The van der Waals surface area contributed by atoms with Crippen molar-refractivity contribution in [3.8, 4) is 11.5 Å². The Kier molecular flexibility index (Phi) is 5.35. The summed E-state index contributed by atoms with van der Waals surface area (Å²) in [6, 6.07) is 8.86. The highest BCUT2D eigenvalue weighted by Crippen LogP contribution is 2.25. The van der Waals surface area contributed by atoms with Crippen molar-refractivity contribution in [1.29, 1.82) is 0 Å². The number of hydrogen-bond acceptors (Lipinski definition) is 7. The van der Waals surface area contributed by atoms with E-state index < -0.39 is 5.97 Å². The minimum absolute atomic E-state index is 0.154. The van der Waals surface area contributed by atoms with E-state index in [2.05, 4.69) is 15.5 Å². The van der Waals surface area contributed by atoms with Crippen LogP contribution in [-0.2, 0) is 16.1 Å². The summed E-state index contributed by atoms with van der Waals surface area (Å²) in [5.41, 5.74) is 2.14. The molecule has 8 nitrogen and oxygen atoms in total. The molecule has 2 aromatic heterocycles. The molecule has 1 aromatic carbocycles. The van der Waals surface area contributed by atoms with Crippen LogP contribution >= 0.6 is 0 Å². The highest BCUT2D eigenvalue weighted by Gasteiger charge is 2.16. The average molecular weight is 369 g/mol. The van der Waals surface area contributed by atoms with Gasteiger partial charge in [-0.15, -0.1) is 10.2 Å². The van der Waals surface area contributed by atoms with Crippen molar-refractivity contribution in [2.24, 2.45) is 0 Å². The molecule has 0 bridgehead atoms. The van der Waals surface area contributed by atoms with Gasteiger partial charge in [0, 0.05) is 5.56 Å². The minimum atomic E-state index is -0.605. The number of aromatic nitrogens is 2. The lowest BCUT2D eigenvalue weighted by molar-refractivity contribution is -0.144. The fourth-order valence-electron chi connectivity index (χ4n) is 2.50. The van der Waals surface area contributed by atoms with Crippen LogP contribution in [0.2, 0.25) is 0 Å². The van der Waals surface area contributed by atoms with Gasteiger partial charge in [-0.2, -0.15) is 0 Å². The van der Waals surface area contributed by atoms with E-state index in [1.54, 1.807) is 31.2 Å². The van der Waals surface area contributed by atoms with Crippen LogP contribution in [0.25, 0.3) is 11.5 Å². The second kappa shape index (κ2) is 7.86. The Morgan fingerprint density at radius 2 is 1.93 bits per heavy atom. The van der Waals surface area contributed by atoms with Crippen molar-refractivity contribution in [2.45, 2.75) is 27.4 Å². The predicted octanol–water partition coefficient (Wildman–Crippen LogP) is 2.73. The molecule has 27 heavy (non-hydrogen) atoms. The van der Waals surface area contributed by atoms with Gasteiger partial charge >= 0.3 is 5.97 Å². The molecular formula is C19H19N3O5. The molecule has 1 amide bonds. The van der Waals surface area contributed by atoms with E-state index in [0.717, 1.165) is 11.3 Å². The second-order valence-electron chi connectivity index (χ2n) is 6.04. The Hall–Kier alpha value is -3.42. The summed E-state index contributed by atoms with van der Waals surface area (Å²) in [4.78, 5) is 23.8. The summed E-state index contributed by atoms with van der Waals surface area (Å²) in [6.07, 6.45) is 0. The van der Waals surface area contributed by atoms with E-state index in [1.807, 2.05) is 19.9 Å². The lowest BCUT2D eigenvalue weighted by atomic mass is 10.1. The quantitative estimate of drug-likeness (QED) is 0.666. The first kappa shape index (κ1) is 18.4. The van der Waals surface area contributed by atoms with Gasteiger partial charge in [0.2, 0.25) is 0 Å². The zero-order valence-corrected chi connectivity index (χ0v) is 15.2. The molecule has 0 saturated heterocycles. The Morgan fingerprint density at radius 3 is 2.63 bits per heavy atom. The maximum Gasteiger partial charge on any atom is 0.325 e. The molecule has 1 N–H and O–H groups in total. The zero-order chi connectivity index (χ0) is 19.4. The average Bonchev–Trinajstić information content (AvgIpc) is 3.23. The van der Waals surface area contributed by atoms with Crippen molar-refractivity contribution in [2.75, 3.05) is 6.54 Å². The van der Waals surface area contributed by atoms with Crippen LogP contribution in [0.1, 0.15) is 33.3 Å². The molecular weight excluding hydrogens is 350 g/mol. The molecule has 0 unspecified atom stereocenters. The first-order valence-electron chi connectivity index (χ1n) is 8.32. The fraction of sp³-hybridized carbons (Fsp3) is 0.263. The molecule has 0 saturated carbocycles. The summed E-state index contributed by atoms with van der Waals surface area (Å²) in [5.74, 6) is 0.897. The topological polar surface area (TPSA) is 107 Å². The SMILES string of the molecule is Cc1cccc(C(=O)NCC(=O)OCc2nnc(-c3cc(C)oc3C)o2)c1. The normalized spacial score (nSPS) is 10.6. The third kappa shape index (κ3) is 4.60. The number of carbonyl (C=O) groups is 2.